The summed E-state index contributed by atoms with van der Waals surface area (Å²) in [5.41, 5.74) is 4.99. The van der Waals surface area contributed by atoms with Crippen molar-refractivity contribution >= 4 is 22.4 Å². The number of carbonyl (C=O) groups is 1. The first-order valence-corrected chi connectivity index (χ1v) is 8.91. The Morgan fingerprint density at radius 2 is 1.92 bits per heavy atom. The number of nitrogens with zero attached hydrogens (tertiary/aromatic N) is 2. The number of carbonyl (C=O) groups excluding carboxylic acids is 1. The first kappa shape index (κ1) is 17.8. The number of nitrogen functional groups attached to an aromatic ring is 1. The van der Waals surface area contributed by atoms with Crippen molar-refractivity contribution in [1.82, 2.24) is 15.5 Å². The smallest absolute Gasteiger partial charge is 0.231 e. The Morgan fingerprint density at radius 3 is 2.48 bits per heavy atom. The third kappa shape index (κ3) is 3.50. The first-order valence-electron chi connectivity index (χ1n) is 8.09. The normalized spacial score (nSPS) is 17.2. The summed E-state index contributed by atoms with van der Waals surface area (Å²) < 4.78 is 18.8. The van der Waals surface area contributed by atoms with E-state index >= 15 is 0 Å². The highest BCUT2D eigenvalue weighted by Gasteiger charge is 2.44. The number of rotatable bonds is 4. The monoisotopic (exact) mass is 364 g/mol. The van der Waals surface area contributed by atoms with E-state index in [-0.39, 0.29) is 11.7 Å². The zero-order valence-corrected chi connectivity index (χ0v) is 15.0. The van der Waals surface area contributed by atoms with Crippen LogP contribution in [0, 0.1) is 5.82 Å². The highest BCUT2D eigenvalue weighted by Crippen LogP contribution is 2.37. The van der Waals surface area contributed by atoms with E-state index in [0.29, 0.717) is 36.2 Å². The molecule has 25 heavy (non-hydrogen) atoms. The largest absolute Gasteiger partial charge is 0.381 e. The summed E-state index contributed by atoms with van der Waals surface area (Å²) in [6, 6.07) is 6.12. The molecule has 0 aliphatic carbocycles. The van der Waals surface area contributed by atoms with E-state index in [1.54, 1.807) is 12.1 Å². The van der Waals surface area contributed by atoms with Crippen LogP contribution in [0.25, 0.3) is 0 Å². The zero-order valence-electron chi connectivity index (χ0n) is 14.2. The fraction of sp³-hybridized carbons (Fsp3) is 0.471. The number of benzene rings is 1. The van der Waals surface area contributed by atoms with Crippen LogP contribution in [0.15, 0.2) is 24.3 Å². The summed E-state index contributed by atoms with van der Waals surface area (Å²) >= 11 is 1.25. The molecule has 2 aromatic rings. The van der Waals surface area contributed by atoms with Crippen LogP contribution in [0.1, 0.15) is 37.3 Å². The zero-order chi connectivity index (χ0) is 18.1. The topological polar surface area (TPSA) is 90.1 Å². The standard InChI is InChI=1S/C17H21FN4O2S/c1-16(2,14-21-22-15(19)25-14)20-13(23)17(7-9-24-10-8-17)11-3-5-12(18)6-4-11/h3-6H,7-10H2,1-2H3,(H2,19,22)(H,20,23). The molecule has 134 valence electrons. The van der Waals surface area contributed by atoms with E-state index in [2.05, 4.69) is 15.5 Å². The molecule has 3 rings (SSSR count). The third-order valence-electron chi connectivity index (χ3n) is 4.58. The molecule has 2 heterocycles. The molecule has 1 aromatic carbocycles. The van der Waals surface area contributed by atoms with Gasteiger partial charge in [-0.05, 0) is 44.4 Å². The molecular weight excluding hydrogens is 343 g/mol. The molecule has 0 saturated carbocycles. The summed E-state index contributed by atoms with van der Waals surface area (Å²) in [5, 5.41) is 11.9. The van der Waals surface area contributed by atoms with Crippen molar-refractivity contribution in [3.05, 3.63) is 40.7 Å². The van der Waals surface area contributed by atoms with Gasteiger partial charge < -0.3 is 15.8 Å². The Balaban J connectivity index is 1.91. The molecule has 0 spiro atoms. The summed E-state index contributed by atoms with van der Waals surface area (Å²) in [7, 11) is 0. The van der Waals surface area contributed by atoms with Gasteiger partial charge in [-0.25, -0.2) is 4.39 Å². The lowest BCUT2D eigenvalue weighted by Crippen LogP contribution is -2.53. The van der Waals surface area contributed by atoms with Gasteiger partial charge in [0.2, 0.25) is 11.0 Å². The Hall–Kier alpha value is -2.06. The van der Waals surface area contributed by atoms with Crippen molar-refractivity contribution in [2.75, 3.05) is 18.9 Å². The Morgan fingerprint density at radius 1 is 1.28 bits per heavy atom. The molecule has 8 heteroatoms. The fourth-order valence-corrected chi connectivity index (χ4v) is 3.75. The maximum Gasteiger partial charge on any atom is 0.231 e. The molecule has 1 amide bonds. The lowest BCUT2D eigenvalue weighted by molar-refractivity contribution is -0.132. The van der Waals surface area contributed by atoms with Gasteiger partial charge >= 0.3 is 0 Å². The minimum absolute atomic E-state index is 0.124. The number of hydrogen-bond acceptors (Lipinski definition) is 6. The van der Waals surface area contributed by atoms with Gasteiger partial charge in [-0.3, -0.25) is 4.79 Å². The van der Waals surface area contributed by atoms with E-state index in [1.165, 1.54) is 23.5 Å². The average molecular weight is 364 g/mol. The van der Waals surface area contributed by atoms with Crippen molar-refractivity contribution in [2.45, 2.75) is 37.6 Å². The van der Waals surface area contributed by atoms with Gasteiger partial charge in [0.15, 0.2) is 0 Å². The van der Waals surface area contributed by atoms with Crippen LogP contribution in [-0.2, 0) is 20.5 Å². The Bertz CT molecular complexity index is 754. The molecule has 3 N–H and O–H groups in total. The van der Waals surface area contributed by atoms with Gasteiger partial charge in [-0.1, -0.05) is 23.5 Å². The van der Waals surface area contributed by atoms with Gasteiger partial charge in [0.1, 0.15) is 10.8 Å². The summed E-state index contributed by atoms with van der Waals surface area (Å²) in [6.07, 6.45) is 1.08. The molecule has 0 atom stereocenters. The van der Waals surface area contributed by atoms with Crippen LogP contribution in [-0.4, -0.2) is 29.3 Å². The second-order valence-corrected chi connectivity index (χ2v) is 7.74. The summed E-state index contributed by atoms with van der Waals surface area (Å²) in [6.45, 7) is 4.69. The fourth-order valence-electron chi connectivity index (χ4n) is 3.08. The van der Waals surface area contributed by atoms with Crippen molar-refractivity contribution in [1.29, 1.82) is 0 Å². The SMILES string of the molecule is CC(C)(NC(=O)C1(c2ccc(F)cc2)CCOCC1)c1nnc(N)s1. The number of halogens is 1. The van der Waals surface area contributed by atoms with Crippen molar-refractivity contribution < 1.29 is 13.9 Å². The van der Waals surface area contributed by atoms with Crippen LogP contribution in [0.2, 0.25) is 0 Å². The molecule has 1 aliphatic rings. The predicted octanol–water partition coefficient (Wildman–Crippen LogP) is 2.36. The Kier molecular flexibility index (Phi) is 4.75. The minimum atomic E-state index is -0.751. The summed E-state index contributed by atoms with van der Waals surface area (Å²) in [5.74, 6) is -0.447. The highest BCUT2D eigenvalue weighted by molar-refractivity contribution is 7.15. The molecule has 0 bridgehead atoms. The second-order valence-electron chi connectivity index (χ2n) is 6.73. The minimum Gasteiger partial charge on any atom is -0.381 e. The maximum absolute atomic E-state index is 13.3. The maximum atomic E-state index is 13.3. The lowest BCUT2D eigenvalue weighted by atomic mass is 9.73. The van der Waals surface area contributed by atoms with Crippen LogP contribution >= 0.6 is 11.3 Å². The molecular formula is C17H21FN4O2S. The van der Waals surface area contributed by atoms with Crippen LogP contribution in [0.3, 0.4) is 0 Å². The number of ether oxygens (including phenoxy) is 1. The van der Waals surface area contributed by atoms with Crippen LogP contribution in [0.5, 0.6) is 0 Å². The molecule has 1 fully saturated rings. The predicted molar refractivity (Wildman–Crippen MR) is 93.6 cm³/mol. The van der Waals surface area contributed by atoms with Gasteiger partial charge in [0.05, 0.1) is 11.0 Å². The molecule has 1 aromatic heterocycles. The van der Waals surface area contributed by atoms with Crippen molar-refractivity contribution in [3.63, 3.8) is 0 Å². The number of nitrogens with two attached hydrogens (primary N) is 1. The van der Waals surface area contributed by atoms with E-state index in [4.69, 9.17) is 10.5 Å². The van der Waals surface area contributed by atoms with E-state index in [0.717, 1.165) is 5.56 Å². The van der Waals surface area contributed by atoms with Gasteiger partial charge in [-0.2, -0.15) is 0 Å². The third-order valence-corrected chi connectivity index (χ3v) is 5.66. The second kappa shape index (κ2) is 6.68. The summed E-state index contributed by atoms with van der Waals surface area (Å²) in [4.78, 5) is 13.3. The first-order chi connectivity index (χ1) is 11.8. The number of aromatic nitrogens is 2. The average Bonchev–Trinajstić information content (AvgIpc) is 3.03. The van der Waals surface area contributed by atoms with E-state index in [1.807, 2.05) is 13.8 Å². The number of nitrogens with one attached hydrogen (secondary N) is 1. The van der Waals surface area contributed by atoms with Crippen LogP contribution < -0.4 is 11.1 Å². The molecule has 6 nitrogen and oxygen atoms in total. The lowest BCUT2D eigenvalue weighted by Gasteiger charge is -2.38. The number of amides is 1. The molecule has 1 aliphatic heterocycles. The van der Waals surface area contributed by atoms with Gasteiger partial charge in [-0.15, -0.1) is 10.2 Å². The molecule has 0 unspecified atom stereocenters. The molecule has 1 saturated heterocycles. The van der Waals surface area contributed by atoms with Crippen molar-refractivity contribution in [2.24, 2.45) is 0 Å². The molecule has 0 radical (unpaired) electrons. The van der Waals surface area contributed by atoms with E-state index in [9.17, 15) is 9.18 Å². The van der Waals surface area contributed by atoms with Crippen molar-refractivity contribution in [3.8, 4) is 0 Å². The van der Waals surface area contributed by atoms with E-state index < -0.39 is 11.0 Å². The number of hydrogen-bond donors (Lipinski definition) is 2. The Labute approximate surface area is 149 Å². The number of anilines is 1. The quantitative estimate of drug-likeness (QED) is 0.869. The van der Waals surface area contributed by atoms with Gasteiger partial charge in [0, 0.05) is 13.2 Å². The van der Waals surface area contributed by atoms with Crippen LogP contribution in [0.4, 0.5) is 9.52 Å². The van der Waals surface area contributed by atoms with Gasteiger partial charge in [0.25, 0.3) is 0 Å². The highest BCUT2D eigenvalue weighted by atomic mass is 32.1.